The van der Waals surface area contributed by atoms with Crippen molar-refractivity contribution in [3.63, 3.8) is 0 Å². The van der Waals surface area contributed by atoms with Gasteiger partial charge in [-0.3, -0.25) is 4.79 Å². The molecule has 0 aromatic carbocycles. The van der Waals surface area contributed by atoms with Crippen molar-refractivity contribution in [3.05, 3.63) is 48.6 Å². The fraction of sp³-hybridized carbons (Fsp3) is 0.444. The van der Waals surface area contributed by atoms with Crippen LogP contribution in [0.3, 0.4) is 0 Å². The highest BCUT2D eigenvalue weighted by molar-refractivity contribution is 5.91. The quantitative estimate of drug-likeness (QED) is 0.862. The number of hydrogen-bond acceptors (Lipinski definition) is 5. The Bertz CT molecular complexity index is 674. The molecule has 6 nitrogen and oxygen atoms in total. The average Bonchev–Trinajstić information content (AvgIpc) is 3.29. The fourth-order valence-electron chi connectivity index (χ4n) is 3.62. The van der Waals surface area contributed by atoms with Crippen LogP contribution in [0.4, 0.5) is 0 Å². The molecule has 3 atom stereocenters. The second kappa shape index (κ2) is 6.65. The predicted octanol–water partition coefficient (Wildman–Crippen LogP) is 2.37. The Labute approximate surface area is 140 Å². The van der Waals surface area contributed by atoms with Gasteiger partial charge in [-0.25, -0.2) is 4.98 Å². The molecule has 3 unspecified atom stereocenters. The van der Waals surface area contributed by atoms with Gasteiger partial charge in [0, 0.05) is 18.8 Å². The van der Waals surface area contributed by atoms with Crippen LogP contribution in [-0.4, -0.2) is 47.7 Å². The summed E-state index contributed by atoms with van der Waals surface area (Å²) in [5, 5.41) is 0. The molecule has 0 bridgehead atoms. The van der Waals surface area contributed by atoms with E-state index in [1.807, 2.05) is 23.1 Å². The van der Waals surface area contributed by atoms with E-state index in [0.29, 0.717) is 37.3 Å². The molecule has 1 aliphatic heterocycles. The Kier molecular flexibility index (Phi) is 4.21. The van der Waals surface area contributed by atoms with E-state index >= 15 is 0 Å². The number of pyridine rings is 1. The molecule has 126 valence electrons. The first-order valence-corrected chi connectivity index (χ1v) is 8.31. The van der Waals surface area contributed by atoms with E-state index in [9.17, 15) is 4.79 Å². The second-order valence-electron chi connectivity index (χ2n) is 6.27. The SMILES string of the molecule is O=C(c1ccco1)N1CCOC2CC(COc3ccccn3)CC21. The van der Waals surface area contributed by atoms with Crippen molar-refractivity contribution in [3.8, 4) is 5.88 Å². The van der Waals surface area contributed by atoms with Gasteiger partial charge in [0.05, 0.1) is 31.6 Å². The Morgan fingerprint density at radius 2 is 2.25 bits per heavy atom. The van der Waals surface area contributed by atoms with Gasteiger partial charge in [-0.15, -0.1) is 0 Å². The number of nitrogens with zero attached hydrogens (tertiary/aromatic N) is 2. The lowest BCUT2D eigenvalue weighted by atomic mass is 10.1. The van der Waals surface area contributed by atoms with Gasteiger partial charge in [0.25, 0.3) is 5.91 Å². The number of fused-ring (bicyclic) bond motifs is 1. The number of aromatic nitrogens is 1. The van der Waals surface area contributed by atoms with Crippen LogP contribution in [0, 0.1) is 5.92 Å². The van der Waals surface area contributed by atoms with Gasteiger partial charge in [-0.05, 0) is 37.0 Å². The number of rotatable bonds is 4. The van der Waals surface area contributed by atoms with Crippen molar-refractivity contribution in [1.29, 1.82) is 0 Å². The van der Waals surface area contributed by atoms with Crippen LogP contribution in [-0.2, 0) is 4.74 Å². The fourth-order valence-corrected chi connectivity index (χ4v) is 3.62. The molecule has 0 spiro atoms. The maximum atomic E-state index is 12.6. The molecule has 1 aliphatic carbocycles. The highest BCUT2D eigenvalue weighted by atomic mass is 16.5. The number of ether oxygens (including phenoxy) is 2. The monoisotopic (exact) mass is 328 g/mol. The first-order valence-electron chi connectivity index (χ1n) is 8.31. The van der Waals surface area contributed by atoms with Crippen LogP contribution in [0.25, 0.3) is 0 Å². The highest BCUT2D eigenvalue weighted by Gasteiger charge is 2.43. The number of carbonyl (C=O) groups is 1. The largest absolute Gasteiger partial charge is 0.477 e. The summed E-state index contributed by atoms with van der Waals surface area (Å²) in [5.41, 5.74) is 0. The molecule has 2 fully saturated rings. The Balaban J connectivity index is 1.40. The predicted molar refractivity (Wildman–Crippen MR) is 85.7 cm³/mol. The van der Waals surface area contributed by atoms with E-state index in [1.165, 1.54) is 6.26 Å². The van der Waals surface area contributed by atoms with Gasteiger partial charge < -0.3 is 18.8 Å². The molecule has 1 saturated heterocycles. The summed E-state index contributed by atoms with van der Waals surface area (Å²) >= 11 is 0. The zero-order valence-corrected chi connectivity index (χ0v) is 13.3. The molecule has 1 saturated carbocycles. The van der Waals surface area contributed by atoms with E-state index in [0.717, 1.165) is 12.8 Å². The Hall–Kier alpha value is -2.34. The van der Waals surface area contributed by atoms with Crippen LogP contribution in [0.5, 0.6) is 5.88 Å². The van der Waals surface area contributed by atoms with E-state index < -0.39 is 0 Å². The second-order valence-corrected chi connectivity index (χ2v) is 6.27. The van der Waals surface area contributed by atoms with Gasteiger partial charge in [0.1, 0.15) is 0 Å². The zero-order valence-electron chi connectivity index (χ0n) is 13.3. The summed E-state index contributed by atoms with van der Waals surface area (Å²) in [5.74, 6) is 1.33. The lowest BCUT2D eigenvalue weighted by Crippen LogP contribution is -2.51. The van der Waals surface area contributed by atoms with Crippen molar-refractivity contribution < 1.29 is 18.7 Å². The molecule has 4 rings (SSSR count). The lowest BCUT2D eigenvalue weighted by Gasteiger charge is -2.37. The van der Waals surface area contributed by atoms with E-state index in [1.54, 1.807) is 18.3 Å². The number of carbonyl (C=O) groups excluding carboxylic acids is 1. The van der Waals surface area contributed by atoms with E-state index in [-0.39, 0.29) is 18.1 Å². The van der Waals surface area contributed by atoms with Crippen LogP contribution in [0.2, 0.25) is 0 Å². The summed E-state index contributed by atoms with van der Waals surface area (Å²) in [4.78, 5) is 18.7. The van der Waals surface area contributed by atoms with Crippen molar-refractivity contribution in [2.24, 2.45) is 5.92 Å². The average molecular weight is 328 g/mol. The van der Waals surface area contributed by atoms with Gasteiger partial charge in [0.2, 0.25) is 5.88 Å². The summed E-state index contributed by atoms with van der Waals surface area (Å²) < 4.78 is 16.9. The maximum absolute atomic E-state index is 12.6. The first kappa shape index (κ1) is 15.2. The van der Waals surface area contributed by atoms with Crippen molar-refractivity contribution in [2.45, 2.75) is 25.0 Å². The molecule has 24 heavy (non-hydrogen) atoms. The van der Waals surface area contributed by atoms with Gasteiger partial charge in [-0.1, -0.05) is 6.07 Å². The summed E-state index contributed by atoms with van der Waals surface area (Å²) in [6.07, 6.45) is 5.11. The first-order chi connectivity index (χ1) is 11.8. The molecule has 1 amide bonds. The summed E-state index contributed by atoms with van der Waals surface area (Å²) in [7, 11) is 0. The molecule has 2 aromatic rings. The highest BCUT2D eigenvalue weighted by Crippen LogP contribution is 2.35. The molecule has 2 aliphatic rings. The van der Waals surface area contributed by atoms with Crippen molar-refractivity contribution in [2.75, 3.05) is 19.8 Å². The van der Waals surface area contributed by atoms with E-state index in [2.05, 4.69) is 4.98 Å². The molecule has 6 heteroatoms. The lowest BCUT2D eigenvalue weighted by molar-refractivity contribution is -0.0457. The number of amides is 1. The number of morpholine rings is 1. The third-order valence-electron chi connectivity index (χ3n) is 4.73. The third kappa shape index (κ3) is 3.01. The smallest absolute Gasteiger partial charge is 0.289 e. The Morgan fingerprint density at radius 3 is 3.04 bits per heavy atom. The number of hydrogen-bond donors (Lipinski definition) is 0. The normalized spacial score (nSPS) is 26.2. The maximum Gasteiger partial charge on any atom is 0.289 e. The molecule has 2 aromatic heterocycles. The van der Waals surface area contributed by atoms with Crippen LogP contribution < -0.4 is 4.74 Å². The topological polar surface area (TPSA) is 64.8 Å². The zero-order chi connectivity index (χ0) is 16.4. The molecule has 0 N–H and O–H groups in total. The summed E-state index contributed by atoms with van der Waals surface area (Å²) in [6, 6.07) is 9.17. The van der Waals surface area contributed by atoms with Gasteiger partial charge >= 0.3 is 0 Å². The van der Waals surface area contributed by atoms with Crippen LogP contribution in [0.1, 0.15) is 23.4 Å². The number of furan rings is 1. The van der Waals surface area contributed by atoms with E-state index in [4.69, 9.17) is 13.9 Å². The molecular formula is C18H20N2O4. The molecule has 0 radical (unpaired) electrons. The third-order valence-corrected chi connectivity index (χ3v) is 4.73. The summed E-state index contributed by atoms with van der Waals surface area (Å²) in [6.45, 7) is 1.77. The minimum atomic E-state index is -0.0513. The molecule has 3 heterocycles. The standard InChI is InChI=1S/C18H20N2O4/c21-18(15-4-3-8-22-15)20-7-9-23-16-11-13(10-14(16)20)12-24-17-5-1-2-6-19-17/h1-6,8,13-14,16H,7,9-12H2. The van der Waals surface area contributed by atoms with Gasteiger partial charge in [-0.2, -0.15) is 0 Å². The van der Waals surface area contributed by atoms with Crippen molar-refractivity contribution in [1.82, 2.24) is 9.88 Å². The molecular weight excluding hydrogens is 308 g/mol. The van der Waals surface area contributed by atoms with Crippen LogP contribution in [0.15, 0.2) is 47.2 Å². The minimum Gasteiger partial charge on any atom is -0.477 e. The van der Waals surface area contributed by atoms with Crippen molar-refractivity contribution >= 4 is 5.91 Å². The minimum absolute atomic E-state index is 0.0513. The van der Waals surface area contributed by atoms with Crippen LogP contribution >= 0.6 is 0 Å². The van der Waals surface area contributed by atoms with Gasteiger partial charge in [0.15, 0.2) is 5.76 Å². The Morgan fingerprint density at radius 1 is 1.29 bits per heavy atom.